The maximum atomic E-state index is 13.3. The molecule has 0 saturated carbocycles. The first-order valence-corrected chi connectivity index (χ1v) is 14.4. The van der Waals surface area contributed by atoms with Crippen molar-refractivity contribution in [3.63, 3.8) is 0 Å². The maximum absolute atomic E-state index is 13.3. The van der Waals surface area contributed by atoms with Crippen LogP contribution in [0, 0.1) is 0 Å². The molecule has 14 heteroatoms. The number of nitrogens with one attached hydrogen (secondary N) is 2. The van der Waals surface area contributed by atoms with E-state index in [2.05, 4.69) is 10.6 Å². The van der Waals surface area contributed by atoms with Crippen molar-refractivity contribution in [2.24, 2.45) is 0 Å². The van der Waals surface area contributed by atoms with Gasteiger partial charge in [-0.1, -0.05) is 82.8 Å². The summed E-state index contributed by atoms with van der Waals surface area (Å²) in [7, 11) is 0. The molecule has 0 aliphatic rings. The third-order valence-electron chi connectivity index (χ3n) is 5.87. The van der Waals surface area contributed by atoms with Crippen LogP contribution in [0.4, 0.5) is 24.5 Å². The molecule has 0 fully saturated rings. The topological polar surface area (TPSA) is 95.5 Å². The second kappa shape index (κ2) is 13.5. The van der Waals surface area contributed by atoms with E-state index in [1.807, 2.05) is 0 Å². The molecule has 0 saturated heterocycles. The van der Waals surface area contributed by atoms with Crippen LogP contribution in [-0.2, 0) is 11.0 Å². The molecule has 0 heterocycles. The molecule has 2 amide bonds. The Hall–Kier alpha value is -3.41. The number of carboxylic acids is 1. The number of amides is 2. The predicted molar refractivity (Wildman–Crippen MR) is 163 cm³/mol. The van der Waals surface area contributed by atoms with E-state index in [1.54, 1.807) is 42.5 Å². The summed E-state index contributed by atoms with van der Waals surface area (Å²) in [5.41, 5.74) is -1.17. The van der Waals surface area contributed by atoms with Crippen LogP contribution in [-0.4, -0.2) is 22.9 Å². The summed E-state index contributed by atoms with van der Waals surface area (Å²) in [5, 5.41) is 12.4. The number of rotatable bonds is 8. The Kier molecular flexibility index (Phi) is 10.2. The zero-order valence-electron chi connectivity index (χ0n) is 21.3. The first-order valence-electron chi connectivity index (χ1n) is 12.0. The molecule has 4 aromatic rings. The van der Waals surface area contributed by atoms with Crippen molar-refractivity contribution in [3.8, 4) is 0 Å². The number of alkyl halides is 3. The SMILES string of the molecule is O=C(O)c1c(Cl)c(Cl)c(Cl)c(Cl)c1C(=O)Nc1ccc(SC(C(=O)Nc2cccc(C(F)(F)F)c2)c2ccccc2)cc1. The highest BCUT2D eigenvalue weighted by Gasteiger charge is 2.31. The smallest absolute Gasteiger partial charge is 0.416 e. The number of aromatic carboxylic acids is 1. The van der Waals surface area contributed by atoms with E-state index in [9.17, 15) is 32.7 Å². The highest BCUT2D eigenvalue weighted by atomic mass is 35.5. The molecule has 1 unspecified atom stereocenters. The van der Waals surface area contributed by atoms with Crippen molar-refractivity contribution in [2.75, 3.05) is 10.6 Å². The lowest BCUT2D eigenvalue weighted by atomic mass is 10.1. The van der Waals surface area contributed by atoms with Gasteiger partial charge < -0.3 is 15.7 Å². The molecule has 0 bridgehead atoms. The number of halogens is 7. The Morgan fingerprint density at radius 1 is 0.721 bits per heavy atom. The fourth-order valence-corrected chi connectivity index (χ4v) is 5.92. The summed E-state index contributed by atoms with van der Waals surface area (Å²) >= 11 is 25.3. The Labute approximate surface area is 267 Å². The van der Waals surface area contributed by atoms with E-state index in [0.29, 0.717) is 10.5 Å². The predicted octanol–water partition coefficient (Wildman–Crippen LogP) is 9.74. The van der Waals surface area contributed by atoms with Crippen LogP contribution < -0.4 is 10.6 Å². The lowest BCUT2D eigenvalue weighted by Gasteiger charge is -2.18. The third kappa shape index (κ3) is 7.57. The zero-order valence-corrected chi connectivity index (χ0v) is 25.1. The molecule has 3 N–H and O–H groups in total. The highest BCUT2D eigenvalue weighted by molar-refractivity contribution is 8.00. The Balaban J connectivity index is 1.56. The number of benzene rings is 4. The van der Waals surface area contributed by atoms with Crippen LogP contribution in [0.5, 0.6) is 0 Å². The van der Waals surface area contributed by atoms with Crippen molar-refractivity contribution in [1.82, 2.24) is 0 Å². The van der Waals surface area contributed by atoms with Gasteiger partial charge in [0.1, 0.15) is 5.25 Å². The van der Waals surface area contributed by atoms with Gasteiger partial charge in [0, 0.05) is 16.3 Å². The summed E-state index contributed by atoms with van der Waals surface area (Å²) in [6, 6.07) is 19.2. The number of anilines is 2. The van der Waals surface area contributed by atoms with Crippen molar-refractivity contribution in [3.05, 3.63) is 121 Å². The lowest BCUT2D eigenvalue weighted by molar-refractivity contribution is -0.137. The third-order valence-corrected chi connectivity index (χ3v) is 8.94. The average molecular weight is 688 g/mol. The minimum absolute atomic E-state index is 0.0128. The lowest BCUT2D eigenvalue weighted by Crippen LogP contribution is -2.19. The van der Waals surface area contributed by atoms with E-state index in [-0.39, 0.29) is 21.4 Å². The Bertz CT molecular complexity index is 1710. The molecule has 0 radical (unpaired) electrons. The second-order valence-corrected chi connectivity index (χ2v) is 11.5. The van der Waals surface area contributed by atoms with Crippen molar-refractivity contribution in [1.29, 1.82) is 0 Å². The van der Waals surface area contributed by atoms with Gasteiger partial charge in [0.2, 0.25) is 5.91 Å². The zero-order chi connectivity index (χ0) is 31.5. The average Bonchev–Trinajstić information content (AvgIpc) is 2.97. The molecule has 222 valence electrons. The van der Waals surface area contributed by atoms with Gasteiger partial charge in [-0.2, -0.15) is 13.2 Å². The summed E-state index contributed by atoms with van der Waals surface area (Å²) in [5.74, 6) is -3.01. The molecule has 43 heavy (non-hydrogen) atoms. The van der Waals surface area contributed by atoms with Gasteiger partial charge in [-0.05, 0) is 48.0 Å². The molecular weight excluding hydrogens is 671 g/mol. The molecule has 0 aromatic heterocycles. The van der Waals surface area contributed by atoms with Gasteiger partial charge in [-0.15, -0.1) is 11.8 Å². The molecular formula is C29H17Cl4F3N2O4S. The summed E-state index contributed by atoms with van der Waals surface area (Å²) in [6.07, 6.45) is -4.57. The standard InChI is InChI=1S/C29H17Cl4F3N2O4S/c30-21-19(20(28(41)42)22(31)24(33)23(21)32)26(39)37-16-9-11-18(12-10-16)43-25(14-5-2-1-3-6-14)27(40)38-17-8-4-7-15(13-17)29(34,35)36/h1-13,25H,(H,37,39)(H,38,40)(H,41,42). The number of hydrogen-bond acceptors (Lipinski definition) is 4. The van der Waals surface area contributed by atoms with E-state index < -0.39 is 55.9 Å². The fraction of sp³-hybridized carbons (Fsp3) is 0.0690. The maximum Gasteiger partial charge on any atom is 0.416 e. The van der Waals surface area contributed by atoms with E-state index in [1.165, 1.54) is 24.3 Å². The van der Waals surface area contributed by atoms with Crippen LogP contribution in [0.3, 0.4) is 0 Å². The highest BCUT2D eigenvalue weighted by Crippen LogP contribution is 2.42. The van der Waals surface area contributed by atoms with Gasteiger partial charge in [0.15, 0.2) is 0 Å². The van der Waals surface area contributed by atoms with Gasteiger partial charge in [-0.25, -0.2) is 4.79 Å². The minimum atomic E-state index is -4.57. The normalized spacial score (nSPS) is 12.0. The van der Waals surface area contributed by atoms with Crippen LogP contribution in [0.25, 0.3) is 0 Å². The number of hydrogen-bond donors (Lipinski definition) is 3. The molecule has 0 spiro atoms. The molecule has 0 aliphatic carbocycles. The van der Waals surface area contributed by atoms with Gasteiger partial charge in [0.05, 0.1) is 36.8 Å². The van der Waals surface area contributed by atoms with Crippen molar-refractivity contribution in [2.45, 2.75) is 16.3 Å². The molecule has 4 rings (SSSR count). The number of carboxylic acid groups (broad SMARTS) is 1. The van der Waals surface area contributed by atoms with Gasteiger partial charge in [-0.3, -0.25) is 9.59 Å². The van der Waals surface area contributed by atoms with Gasteiger partial charge >= 0.3 is 12.1 Å². The monoisotopic (exact) mass is 686 g/mol. The first-order chi connectivity index (χ1) is 20.3. The Morgan fingerprint density at radius 2 is 1.33 bits per heavy atom. The summed E-state index contributed by atoms with van der Waals surface area (Å²) in [6.45, 7) is 0. The Morgan fingerprint density at radius 3 is 1.91 bits per heavy atom. The molecule has 4 aromatic carbocycles. The minimum Gasteiger partial charge on any atom is -0.478 e. The van der Waals surface area contributed by atoms with Crippen molar-refractivity contribution >= 4 is 87.3 Å². The van der Waals surface area contributed by atoms with Crippen LogP contribution in [0.15, 0.2) is 83.8 Å². The molecule has 0 aliphatic heterocycles. The van der Waals surface area contributed by atoms with Crippen LogP contribution >= 0.6 is 58.2 Å². The van der Waals surface area contributed by atoms with Crippen LogP contribution in [0.2, 0.25) is 20.1 Å². The first kappa shape index (κ1) is 32.5. The van der Waals surface area contributed by atoms with E-state index in [0.717, 1.165) is 23.9 Å². The molecule has 1 atom stereocenters. The van der Waals surface area contributed by atoms with Crippen molar-refractivity contribution < 1.29 is 32.7 Å². The number of thioether (sulfide) groups is 1. The quantitative estimate of drug-likeness (QED) is 0.0974. The fourth-order valence-electron chi connectivity index (χ4n) is 3.87. The molecule has 6 nitrogen and oxygen atoms in total. The second-order valence-electron chi connectivity index (χ2n) is 8.77. The summed E-state index contributed by atoms with van der Waals surface area (Å²) in [4.78, 5) is 38.7. The van der Waals surface area contributed by atoms with Crippen LogP contribution in [0.1, 0.15) is 37.1 Å². The number of carbonyl (C=O) groups is 3. The van der Waals surface area contributed by atoms with Gasteiger partial charge in [0.25, 0.3) is 5.91 Å². The largest absolute Gasteiger partial charge is 0.478 e. The van der Waals surface area contributed by atoms with E-state index >= 15 is 0 Å². The van der Waals surface area contributed by atoms with E-state index in [4.69, 9.17) is 46.4 Å². The number of carbonyl (C=O) groups excluding carboxylic acids is 2. The summed E-state index contributed by atoms with van der Waals surface area (Å²) < 4.78 is 39.5.